The van der Waals surface area contributed by atoms with E-state index in [0.717, 1.165) is 12.0 Å². The van der Waals surface area contributed by atoms with Crippen LogP contribution in [0.4, 0.5) is 5.69 Å². The van der Waals surface area contributed by atoms with E-state index in [-0.39, 0.29) is 35.5 Å². The maximum absolute atomic E-state index is 14.2. The van der Waals surface area contributed by atoms with E-state index in [2.05, 4.69) is 10.6 Å². The number of para-hydroxylation sites is 1. The van der Waals surface area contributed by atoms with Crippen molar-refractivity contribution in [2.24, 2.45) is 17.8 Å². The summed E-state index contributed by atoms with van der Waals surface area (Å²) >= 11 is 7.96. The number of hydrogen-bond acceptors (Lipinski definition) is 5. The van der Waals surface area contributed by atoms with Gasteiger partial charge in [0.2, 0.25) is 17.7 Å². The smallest absolute Gasteiger partial charge is 0.248 e. The number of anilines is 1. The Bertz CT molecular complexity index is 1210. The fraction of sp³-hybridized carbons (Fsp3) is 0.483. The number of carbonyl (C=O) groups excluding carboxylic acids is 3. The van der Waals surface area contributed by atoms with Crippen LogP contribution in [0.1, 0.15) is 38.7 Å². The molecule has 0 saturated carbocycles. The number of aliphatic hydroxyl groups is 1. The molecule has 3 aliphatic rings. The van der Waals surface area contributed by atoms with Gasteiger partial charge in [0.15, 0.2) is 0 Å². The summed E-state index contributed by atoms with van der Waals surface area (Å²) in [5, 5.41) is 16.8. The Hall–Kier alpha value is -2.55. The molecule has 202 valence electrons. The first-order valence-electron chi connectivity index (χ1n) is 13.2. The van der Waals surface area contributed by atoms with Crippen molar-refractivity contribution in [1.82, 2.24) is 10.2 Å². The fourth-order valence-corrected chi connectivity index (χ4v) is 8.96. The van der Waals surface area contributed by atoms with Crippen molar-refractivity contribution in [3.63, 3.8) is 0 Å². The van der Waals surface area contributed by atoms with E-state index >= 15 is 0 Å². The van der Waals surface area contributed by atoms with Gasteiger partial charge in [-0.1, -0.05) is 67.9 Å². The van der Waals surface area contributed by atoms with Crippen LogP contribution in [0.3, 0.4) is 0 Å². The average Bonchev–Trinajstić information content (AvgIpc) is 3.55. The molecule has 6 atom stereocenters. The van der Waals surface area contributed by atoms with Crippen molar-refractivity contribution >= 4 is 46.8 Å². The molecule has 7 nitrogen and oxygen atoms in total. The van der Waals surface area contributed by atoms with Crippen molar-refractivity contribution < 1.29 is 19.5 Å². The number of likely N-dealkylation sites (tertiary alicyclic amines) is 1. The number of rotatable bonds is 9. The predicted octanol–water partition coefficient (Wildman–Crippen LogP) is 4.09. The predicted molar refractivity (Wildman–Crippen MR) is 150 cm³/mol. The van der Waals surface area contributed by atoms with Crippen LogP contribution >= 0.6 is 23.4 Å². The number of benzene rings is 2. The number of carbonyl (C=O) groups is 3. The van der Waals surface area contributed by atoms with Crippen LogP contribution in [0.2, 0.25) is 5.02 Å². The third kappa shape index (κ3) is 4.71. The van der Waals surface area contributed by atoms with Crippen molar-refractivity contribution in [1.29, 1.82) is 0 Å². The second-order valence-electron chi connectivity index (χ2n) is 10.9. The average molecular weight is 556 g/mol. The molecule has 3 fully saturated rings. The topological polar surface area (TPSA) is 98.7 Å². The molecule has 3 amide bonds. The molecule has 0 radical (unpaired) electrons. The van der Waals surface area contributed by atoms with Gasteiger partial charge in [0.1, 0.15) is 6.04 Å². The quantitative estimate of drug-likeness (QED) is 0.433. The normalized spacial score (nSPS) is 28.4. The van der Waals surface area contributed by atoms with E-state index in [0.29, 0.717) is 30.1 Å². The molecular weight excluding hydrogens is 522 g/mol. The van der Waals surface area contributed by atoms with Gasteiger partial charge < -0.3 is 20.6 Å². The second kappa shape index (κ2) is 10.9. The minimum Gasteiger partial charge on any atom is -0.394 e. The maximum atomic E-state index is 14.2. The molecule has 0 aliphatic carbocycles. The van der Waals surface area contributed by atoms with E-state index < -0.39 is 28.7 Å². The third-order valence-electron chi connectivity index (χ3n) is 8.08. The Morgan fingerprint density at radius 2 is 1.84 bits per heavy atom. The lowest BCUT2D eigenvalue weighted by molar-refractivity contribution is -0.142. The molecule has 1 spiro atoms. The first kappa shape index (κ1) is 27.0. The summed E-state index contributed by atoms with van der Waals surface area (Å²) in [5.41, 5.74) is 1.46. The van der Waals surface area contributed by atoms with Gasteiger partial charge in [0.05, 0.1) is 39.9 Å². The highest BCUT2D eigenvalue weighted by Crippen LogP contribution is 2.66. The maximum Gasteiger partial charge on any atom is 0.248 e. The summed E-state index contributed by atoms with van der Waals surface area (Å²) in [5.74, 6) is -1.62. The molecular formula is C29H34ClN3O4S. The molecule has 2 unspecified atom stereocenters. The van der Waals surface area contributed by atoms with E-state index in [1.807, 2.05) is 44.2 Å². The Morgan fingerprint density at radius 3 is 2.53 bits per heavy atom. The fourth-order valence-electron chi connectivity index (χ4n) is 6.57. The Kier molecular flexibility index (Phi) is 7.76. The zero-order chi connectivity index (χ0) is 27.0. The van der Waals surface area contributed by atoms with Crippen LogP contribution in [0.5, 0.6) is 0 Å². The lowest BCUT2D eigenvalue weighted by Crippen LogP contribution is -2.55. The Labute approximate surface area is 232 Å². The number of hydrogen-bond donors (Lipinski definition) is 3. The molecule has 2 bridgehead atoms. The van der Waals surface area contributed by atoms with Gasteiger partial charge in [0, 0.05) is 11.8 Å². The number of fused-ring (bicyclic) bond motifs is 1. The van der Waals surface area contributed by atoms with E-state index in [9.17, 15) is 19.5 Å². The van der Waals surface area contributed by atoms with Crippen LogP contribution < -0.4 is 10.6 Å². The molecule has 0 aromatic heterocycles. The van der Waals surface area contributed by atoms with Crippen LogP contribution in [0.25, 0.3) is 0 Å². The van der Waals surface area contributed by atoms with Gasteiger partial charge in [-0.05, 0) is 42.9 Å². The van der Waals surface area contributed by atoms with Gasteiger partial charge >= 0.3 is 0 Å². The Balaban J connectivity index is 1.47. The number of aliphatic hydroxyl groups excluding tert-OH is 1. The van der Waals surface area contributed by atoms with Gasteiger partial charge in [-0.2, -0.15) is 0 Å². The minimum absolute atomic E-state index is 0.0323. The van der Waals surface area contributed by atoms with Crippen LogP contribution in [-0.4, -0.2) is 56.4 Å². The van der Waals surface area contributed by atoms with Crippen molar-refractivity contribution in [2.45, 2.75) is 61.7 Å². The molecule has 3 N–H and O–H groups in total. The summed E-state index contributed by atoms with van der Waals surface area (Å²) in [6.45, 7) is 4.19. The molecule has 38 heavy (non-hydrogen) atoms. The largest absolute Gasteiger partial charge is 0.394 e. The van der Waals surface area contributed by atoms with Crippen LogP contribution in [0, 0.1) is 17.8 Å². The van der Waals surface area contributed by atoms with Crippen LogP contribution in [0.15, 0.2) is 54.6 Å². The number of nitrogens with one attached hydrogen (secondary N) is 2. The molecule has 2 aromatic rings. The van der Waals surface area contributed by atoms with Crippen molar-refractivity contribution in [3.05, 3.63) is 65.2 Å². The Morgan fingerprint density at radius 1 is 1.13 bits per heavy atom. The van der Waals surface area contributed by atoms with Gasteiger partial charge in [-0.3, -0.25) is 14.4 Å². The number of amides is 3. The van der Waals surface area contributed by atoms with Crippen molar-refractivity contribution in [2.75, 3.05) is 11.9 Å². The summed E-state index contributed by atoms with van der Waals surface area (Å²) in [6.07, 6.45) is 1.98. The number of thioether (sulfide) groups is 1. The lowest BCUT2D eigenvalue weighted by atomic mass is 9.70. The molecule has 9 heteroatoms. The van der Waals surface area contributed by atoms with E-state index in [1.54, 1.807) is 40.9 Å². The standard InChI is InChI=1S/C29H34ClN3O4S/c1-17(2)14-19(16-34)33-25(27(36)32-21-11-7-6-10-20(21)30)29-13-12-22(38-29)23(24(29)28(33)37)26(35)31-15-18-8-4-3-5-9-18/h3-11,17,19,22-25,34H,12-16H2,1-2H3,(H,31,35)(H,32,36)/t19-,22-,23+,24+,25?,29?/m1/s1. The molecule has 3 aliphatic heterocycles. The first-order chi connectivity index (χ1) is 18.3. The number of nitrogens with zero attached hydrogens (tertiary/aromatic N) is 1. The summed E-state index contributed by atoms with van der Waals surface area (Å²) in [7, 11) is 0. The van der Waals surface area contributed by atoms with Crippen molar-refractivity contribution in [3.8, 4) is 0 Å². The second-order valence-corrected chi connectivity index (χ2v) is 12.9. The van der Waals surface area contributed by atoms with Crippen LogP contribution in [-0.2, 0) is 20.9 Å². The summed E-state index contributed by atoms with van der Waals surface area (Å²) in [4.78, 5) is 43.3. The number of halogens is 1. The molecule has 5 rings (SSSR count). The van der Waals surface area contributed by atoms with Gasteiger partial charge in [-0.15, -0.1) is 11.8 Å². The minimum atomic E-state index is -0.811. The highest BCUT2D eigenvalue weighted by atomic mass is 35.5. The zero-order valence-corrected chi connectivity index (χ0v) is 23.2. The highest BCUT2D eigenvalue weighted by Gasteiger charge is 2.74. The van der Waals surface area contributed by atoms with Gasteiger partial charge in [0.25, 0.3) is 0 Å². The molecule has 2 aromatic carbocycles. The third-order valence-corrected chi connectivity index (χ3v) is 10.4. The van der Waals surface area contributed by atoms with E-state index in [4.69, 9.17) is 11.6 Å². The first-order valence-corrected chi connectivity index (χ1v) is 14.5. The molecule has 3 saturated heterocycles. The lowest BCUT2D eigenvalue weighted by Gasteiger charge is -2.37. The summed E-state index contributed by atoms with van der Waals surface area (Å²) in [6, 6.07) is 15.4. The molecule has 3 heterocycles. The van der Waals surface area contributed by atoms with E-state index in [1.165, 1.54) is 0 Å². The highest BCUT2D eigenvalue weighted by molar-refractivity contribution is 8.02. The SMILES string of the molecule is CC(C)C[C@H](CO)N1C(=O)[C@@H]2[C@@H](C(=O)NCc3ccccc3)[C@H]3CCC2(S3)C1C(=O)Nc1ccccc1Cl. The summed E-state index contributed by atoms with van der Waals surface area (Å²) < 4.78 is -0.730. The monoisotopic (exact) mass is 555 g/mol. The van der Waals surface area contributed by atoms with Gasteiger partial charge in [-0.25, -0.2) is 0 Å². The zero-order valence-electron chi connectivity index (χ0n) is 21.6.